The van der Waals surface area contributed by atoms with Crippen LogP contribution in [0, 0.1) is 6.92 Å². The number of aromatic nitrogens is 3. The maximum atomic E-state index is 11.8. The van der Waals surface area contributed by atoms with Gasteiger partial charge in [0.05, 0.1) is 0 Å². The van der Waals surface area contributed by atoms with E-state index in [0.717, 1.165) is 5.56 Å². The summed E-state index contributed by atoms with van der Waals surface area (Å²) in [5.41, 5.74) is 6.46. The number of aryl methyl sites for hydroxylation is 1. The lowest BCUT2D eigenvalue weighted by Crippen LogP contribution is -2.16. The van der Waals surface area contributed by atoms with Crippen LogP contribution in [0.5, 0.6) is 0 Å². The molecule has 17 heavy (non-hydrogen) atoms. The first-order valence-electron chi connectivity index (χ1n) is 4.99. The van der Waals surface area contributed by atoms with Crippen LogP contribution in [-0.2, 0) is 0 Å². The van der Waals surface area contributed by atoms with Crippen LogP contribution in [0.4, 0.5) is 11.6 Å². The lowest BCUT2D eigenvalue weighted by molar-refractivity contribution is 0.102. The molecule has 0 aliphatic heterocycles. The molecule has 0 aliphatic rings. The second-order valence-electron chi connectivity index (χ2n) is 3.47. The summed E-state index contributed by atoms with van der Waals surface area (Å²) in [5, 5.41) is 9.95. The number of rotatable bonds is 2. The van der Waals surface area contributed by atoms with Gasteiger partial charge in [-0.1, -0.05) is 6.07 Å². The molecule has 6 nitrogen and oxygen atoms in total. The fourth-order valence-corrected chi connectivity index (χ4v) is 1.25. The van der Waals surface area contributed by atoms with Gasteiger partial charge in [0.15, 0.2) is 5.69 Å². The van der Waals surface area contributed by atoms with Gasteiger partial charge in [-0.25, -0.2) is 4.98 Å². The van der Waals surface area contributed by atoms with Gasteiger partial charge in [0.25, 0.3) is 5.91 Å². The number of carbonyl (C=O) groups excluding carboxylic acids is 1. The monoisotopic (exact) mass is 229 g/mol. The topological polar surface area (TPSA) is 93.8 Å². The molecule has 6 heteroatoms. The zero-order chi connectivity index (χ0) is 12.3. The van der Waals surface area contributed by atoms with Crippen LogP contribution in [0.25, 0.3) is 0 Å². The summed E-state index contributed by atoms with van der Waals surface area (Å²) in [6.45, 7) is 1.86. The molecule has 0 saturated carbocycles. The SMILES string of the molecule is Cc1cccnc1NC(=O)c1ccc(N)nn1. The molecule has 2 aromatic rings. The van der Waals surface area contributed by atoms with E-state index in [4.69, 9.17) is 5.73 Å². The van der Waals surface area contributed by atoms with Gasteiger partial charge in [-0.3, -0.25) is 4.79 Å². The second kappa shape index (κ2) is 4.56. The first kappa shape index (κ1) is 11.0. The van der Waals surface area contributed by atoms with Gasteiger partial charge < -0.3 is 11.1 Å². The van der Waals surface area contributed by atoms with Crippen LogP contribution in [0.1, 0.15) is 16.1 Å². The zero-order valence-electron chi connectivity index (χ0n) is 9.21. The minimum Gasteiger partial charge on any atom is -0.382 e. The molecule has 0 radical (unpaired) electrons. The smallest absolute Gasteiger partial charge is 0.277 e. The van der Waals surface area contributed by atoms with E-state index < -0.39 is 0 Å². The normalized spacial score (nSPS) is 9.94. The highest BCUT2D eigenvalue weighted by molar-refractivity contribution is 6.02. The number of hydrogen-bond donors (Lipinski definition) is 2. The first-order chi connectivity index (χ1) is 8.16. The molecular weight excluding hydrogens is 218 g/mol. The lowest BCUT2D eigenvalue weighted by Gasteiger charge is -2.05. The molecule has 0 bridgehead atoms. The van der Waals surface area contributed by atoms with Crippen molar-refractivity contribution in [1.82, 2.24) is 15.2 Å². The summed E-state index contributed by atoms with van der Waals surface area (Å²) in [5.74, 6) is 0.422. The highest BCUT2D eigenvalue weighted by Crippen LogP contribution is 2.10. The first-order valence-corrected chi connectivity index (χ1v) is 4.99. The van der Waals surface area contributed by atoms with Crippen LogP contribution < -0.4 is 11.1 Å². The Balaban J connectivity index is 2.17. The van der Waals surface area contributed by atoms with E-state index >= 15 is 0 Å². The third-order valence-corrected chi connectivity index (χ3v) is 2.16. The molecule has 0 spiro atoms. The van der Waals surface area contributed by atoms with Crippen molar-refractivity contribution in [3.05, 3.63) is 41.7 Å². The summed E-state index contributed by atoms with van der Waals surface area (Å²) < 4.78 is 0. The Labute approximate surface area is 97.9 Å². The van der Waals surface area contributed by atoms with E-state index in [1.807, 2.05) is 13.0 Å². The quantitative estimate of drug-likeness (QED) is 0.801. The van der Waals surface area contributed by atoms with Crippen LogP contribution >= 0.6 is 0 Å². The molecule has 2 aromatic heterocycles. The number of nitrogens with zero attached hydrogens (tertiary/aromatic N) is 3. The Morgan fingerprint density at radius 3 is 2.76 bits per heavy atom. The molecule has 3 N–H and O–H groups in total. The lowest BCUT2D eigenvalue weighted by atomic mass is 10.3. The van der Waals surface area contributed by atoms with Gasteiger partial charge in [0.1, 0.15) is 11.6 Å². The van der Waals surface area contributed by atoms with E-state index in [1.165, 1.54) is 12.1 Å². The molecule has 0 saturated heterocycles. The number of nitrogens with two attached hydrogens (primary N) is 1. The highest BCUT2D eigenvalue weighted by atomic mass is 16.2. The number of nitrogens with one attached hydrogen (secondary N) is 1. The van der Waals surface area contributed by atoms with Crippen LogP contribution in [-0.4, -0.2) is 21.1 Å². The molecule has 1 amide bonds. The number of amides is 1. The molecule has 0 atom stereocenters. The van der Waals surface area contributed by atoms with Crippen molar-refractivity contribution < 1.29 is 4.79 Å². The summed E-state index contributed by atoms with van der Waals surface area (Å²) in [4.78, 5) is 15.8. The molecule has 86 valence electrons. The summed E-state index contributed by atoms with van der Waals surface area (Å²) in [7, 11) is 0. The summed E-state index contributed by atoms with van der Waals surface area (Å²) in [6, 6.07) is 6.69. The van der Waals surface area contributed by atoms with E-state index in [-0.39, 0.29) is 17.4 Å². The number of pyridine rings is 1. The Morgan fingerprint density at radius 2 is 2.12 bits per heavy atom. The predicted molar refractivity (Wildman–Crippen MR) is 63.4 cm³/mol. The average molecular weight is 229 g/mol. The van der Waals surface area contributed by atoms with Crippen molar-refractivity contribution >= 4 is 17.5 Å². The van der Waals surface area contributed by atoms with E-state index in [9.17, 15) is 4.79 Å². The van der Waals surface area contributed by atoms with Crippen molar-refractivity contribution in [2.45, 2.75) is 6.92 Å². The largest absolute Gasteiger partial charge is 0.382 e. The Bertz CT molecular complexity index is 538. The zero-order valence-corrected chi connectivity index (χ0v) is 9.21. The number of carbonyl (C=O) groups is 1. The maximum absolute atomic E-state index is 11.8. The second-order valence-corrected chi connectivity index (χ2v) is 3.47. The minimum absolute atomic E-state index is 0.198. The summed E-state index contributed by atoms with van der Waals surface area (Å²) >= 11 is 0. The van der Waals surface area contributed by atoms with E-state index in [2.05, 4.69) is 20.5 Å². The minimum atomic E-state index is -0.362. The fraction of sp³-hybridized carbons (Fsp3) is 0.0909. The Morgan fingerprint density at radius 1 is 1.29 bits per heavy atom. The van der Waals surface area contributed by atoms with Crippen molar-refractivity contribution in [3.63, 3.8) is 0 Å². The fourth-order valence-electron chi connectivity index (χ4n) is 1.25. The van der Waals surface area contributed by atoms with Crippen LogP contribution in [0.2, 0.25) is 0 Å². The predicted octanol–water partition coefficient (Wildman–Crippen LogP) is 1.01. The maximum Gasteiger partial charge on any atom is 0.277 e. The van der Waals surface area contributed by atoms with Gasteiger partial charge in [-0.05, 0) is 30.7 Å². The standard InChI is InChI=1S/C11H11N5O/c1-7-3-2-6-13-10(7)14-11(17)8-4-5-9(12)16-15-8/h2-6H,1H3,(H2,12,16)(H,13,14,17). The number of hydrogen-bond acceptors (Lipinski definition) is 5. The molecule has 0 aromatic carbocycles. The van der Waals surface area contributed by atoms with E-state index in [0.29, 0.717) is 5.82 Å². The molecule has 0 fully saturated rings. The number of nitrogen functional groups attached to an aromatic ring is 1. The Kier molecular flexibility index (Phi) is 2.95. The Hall–Kier alpha value is -2.50. The van der Waals surface area contributed by atoms with E-state index in [1.54, 1.807) is 12.3 Å². The van der Waals surface area contributed by atoms with Gasteiger partial charge in [-0.15, -0.1) is 10.2 Å². The van der Waals surface area contributed by atoms with Crippen molar-refractivity contribution in [2.75, 3.05) is 11.1 Å². The van der Waals surface area contributed by atoms with Crippen molar-refractivity contribution in [1.29, 1.82) is 0 Å². The molecule has 0 unspecified atom stereocenters. The van der Waals surface area contributed by atoms with Crippen molar-refractivity contribution in [3.8, 4) is 0 Å². The summed E-state index contributed by atoms with van der Waals surface area (Å²) in [6.07, 6.45) is 1.61. The molecular formula is C11H11N5O. The van der Waals surface area contributed by atoms with Gasteiger partial charge in [0, 0.05) is 6.20 Å². The van der Waals surface area contributed by atoms with Crippen molar-refractivity contribution in [2.24, 2.45) is 0 Å². The van der Waals surface area contributed by atoms with Crippen LogP contribution in [0.3, 0.4) is 0 Å². The molecule has 2 heterocycles. The number of anilines is 2. The third kappa shape index (κ3) is 2.54. The van der Waals surface area contributed by atoms with Gasteiger partial charge >= 0.3 is 0 Å². The van der Waals surface area contributed by atoms with Gasteiger partial charge in [-0.2, -0.15) is 0 Å². The highest BCUT2D eigenvalue weighted by Gasteiger charge is 2.09. The van der Waals surface area contributed by atoms with Crippen LogP contribution in [0.15, 0.2) is 30.5 Å². The molecule has 2 rings (SSSR count). The molecule has 0 aliphatic carbocycles. The van der Waals surface area contributed by atoms with Gasteiger partial charge in [0.2, 0.25) is 0 Å². The average Bonchev–Trinajstić information content (AvgIpc) is 2.33. The third-order valence-electron chi connectivity index (χ3n) is 2.16.